The van der Waals surface area contributed by atoms with Crippen molar-refractivity contribution in [1.29, 1.82) is 0 Å². The van der Waals surface area contributed by atoms with E-state index in [0.29, 0.717) is 11.1 Å². The maximum Gasteiger partial charge on any atom is 0.0638 e. The molecule has 0 saturated heterocycles. The van der Waals surface area contributed by atoms with Gasteiger partial charge in [0.25, 0.3) is 0 Å². The molecule has 2 aromatic carbocycles. The first-order valence-corrected chi connectivity index (χ1v) is 6.76. The second-order valence-electron chi connectivity index (χ2n) is 4.64. The minimum atomic E-state index is 0.401. The number of anilines is 1. The quantitative estimate of drug-likeness (QED) is 0.848. The van der Waals surface area contributed by atoms with Gasteiger partial charge >= 0.3 is 0 Å². The van der Waals surface area contributed by atoms with Crippen molar-refractivity contribution >= 4 is 28.9 Å². The normalized spacial score (nSPS) is 14.6. The maximum absolute atomic E-state index is 6.16. The molecule has 0 amide bonds. The highest BCUT2D eigenvalue weighted by atomic mass is 35.5. The van der Waals surface area contributed by atoms with Crippen molar-refractivity contribution in [1.82, 2.24) is 0 Å². The minimum absolute atomic E-state index is 0.401. The summed E-state index contributed by atoms with van der Waals surface area (Å²) in [4.78, 5) is 0. The van der Waals surface area contributed by atoms with Crippen molar-refractivity contribution in [2.45, 2.75) is 18.9 Å². The molecule has 0 aromatic heterocycles. The fourth-order valence-corrected chi connectivity index (χ4v) is 2.83. The summed E-state index contributed by atoms with van der Waals surface area (Å²) in [7, 11) is 0. The molecule has 0 unspecified atom stereocenters. The molecule has 1 aliphatic carbocycles. The second kappa shape index (κ2) is 4.83. The standard InChI is InChI=1S/C15H13Cl2N/c16-12-5-6-14(17)15(9-12)18-13-7-10-3-1-2-4-11(10)8-13/h1-6,9,13,18H,7-8H2. The lowest BCUT2D eigenvalue weighted by molar-refractivity contribution is 0.774. The van der Waals surface area contributed by atoms with Crippen LogP contribution in [-0.2, 0) is 12.8 Å². The molecule has 1 nitrogen and oxygen atoms in total. The van der Waals surface area contributed by atoms with Crippen LogP contribution in [0.1, 0.15) is 11.1 Å². The van der Waals surface area contributed by atoms with Crippen molar-refractivity contribution in [2.24, 2.45) is 0 Å². The van der Waals surface area contributed by atoms with Crippen molar-refractivity contribution in [3.8, 4) is 0 Å². The highest BCUT2D eigenvalue weighted by Gasteiger charge is 2.21. The van der Waals surface area contributed by atoms with E-state index in [1.54, 1.807) is 6.07 Å². The minimum Gasteiger partial charge on any atom is -0.380 e. The van der Waals surface area contributed by atoms with Gasteiger partial charge in [-0.15, -0.1) is 0 Å². The number of nitrogens with one attached hydrogen (secondary N) is 1. The van der Waals surface area contributed by atoms with E-state index < -0.39 is 0 Å². The van der Waals surface area contributed by atoms with E-state index in [4.69, 9.17) is 23.2 Å². The predicted octanol–water partition coefficient (Wildman–Crippen LogP) is 4.57. The highest BCUT2D eigenvalue weighted by molar-refractivity contribution is 6.35. The van der Waals surface area contributed by atoms with Crippen LogP contribution in [0.4, 0.5) is 5.69 Å². The molecule has 1 aliphatic rings. The van der Waals surface area contributed by atoms with Crippen LogP contribution in [0.2, 0.25) is 10.0 Å². The molecule has 0 bridgehead atoms. The lowest BCUT2D eigenvalue weighted by Crippen LogP contribution is -2.19. The Bertz CT molecular complexity index is 555. The first-order chi connectivity index (χ1) is 8.72. The Kier molecular flexibility index (Phi) is 3.19. The number of fused-ring (bicyclic) bond motifs is 1. The average molecular weight is 278 g/mol. The molecule has 1 N–H and O–H groups in total. The summed E-state index contributed by atoms with van der Waals surface area (Å²) in [6.45, 7) is 0. The van der Waals surface area contributed by atoms with Crippen LogP contribution in [0.25, 0.3) is 0 Å². The maximum atomic E-state index is 6.16. The SMILES string of the molecule is Clc1ccc(Cl)c(NC2Cc3ccccc3C2)c1. The van der Waals surface area contributed by atoms with Gasteiger partial charge in [-0.1, -0.05) is 47.5 Å². The van der Waals surface area contributed by atoms with Crippen LogP contribution in [-0.4, -0.2) is 6.04 Å². The molecule has 0 spiro atoms. The molecule has 0 atom stereocenters. The monoisotopic (exact) mass is 277 g/mol. The molecule has 3 rings (SSSR count). The van der Waals surface area contributed by atoms with Gasteiger partial charge in [-0.2, -0.15) is 0 Å². The van der Waals surface area contributed by atoms with E-state index in [1.807, 2.05) is 12.1 Å². The third kappa shape index (κ3) is 2.33. The number of hydrogen-bond donors (Lipinski definition) is 1. The molecule has 0 saturated carbocycles. The first-order valence-electron chi connectivity index (χ1n) is 6.01. The topological polar surface area (TPSA) is 12.0 Å². The van der Waals surface area contributed by atoms with Crippen molar-refractivity contribution in [3.05, 3.63) is 63.6 Å². The number of rotatable bonds is 2. The smallest absolute Gasteiger partial charge is 0.0638 e. The van der Waals surface area contributed by atoms with E-state index in [9.17, 15) is 0 Å². The van der Waals surface area contributed by atoms with Gasteiger partial charge in [-0.25, -0.2) is 0 Å². The molecule has 3 heteroatoms. The Morgan fingerprint density at radius 1 is 0.944 bits per heavy atom. The van der Waals surface area contributed by atoms with Crippen molar-refractivity contribution in [2.75, 3.05) is 5.32 Å². The molecule has 0 heterocycles. The summed E-state index contributed by atoms with van der Waals surface area (Å²) >= 11 is 12.2. The Hall–Kier alpha value is -1.18. The third-order valence-corrected chi connectivity index (χ3v) is 3.90. The highest BCUT2D eigenvalue weighted by Crippen LogP contribution is 2.29. The molecule has 0 radical (unpaired) electrons. The van der Waals surface area contributed by atoms with Crippen LogP contribution in [0.15, 0.2) is 42.5 Å². The Balaban J connectivity index is 1.78. The fourth-order valence-electron chi connectivity index (χ4n) is 2.49. The average Bonchev–Trinajstić information content (AvgIpc) is 2.76. The number of benzene rings is 2. The number of hydrogen-bond acceptors (Lipinski definition) is 1. The van der Waals surface area contributed by atoms with Gasteiger partial charge in [0.15, 0.2) is 0 Å². The van der Waals surface area contributed by atoms with Gasteiger partial charge in [0.1, 0.15) is 0 Å². The van der Waals surface area contributed by atoms with E-state index in [-0.39, 0.29) is 0 Å². The van der Waals surface area contributed by atoms with Gasteiger partial charge < -0.3 is 5.32 Å². The lowest BCUT2D eigenvalue weighted by Gasteiger charge is -2.15. The number of halogens is 2. The fraction of sp³-hybridized carbons (Fsp3) is 0.200. The van der Waals surface area contributed by atoms with Crippen LogP contribution in [0, 0.1) is 0 Å². The summed E-state index contributed by atoms with van der Waals surface area (Å²) < 4.78 is 0. The van der Waals surface area contributed by atoms with Crippen molar-refractivity contribution < 1.29 is 0 Å². The molecule has 2 aromatic rings. The van der Waals surface area contributed by atoms with E-state index in [0.717, 1.165) is 23.6 Å². The summed E-state index contributed by atoms with van der Waals surface area (Å²) in [6.07, 6.45) is 2.08. The van der Waals surface area contributed by atoms with Crippen LogP contribution >= 0.6 is 23.2 Å². The molecule has 0 aliphatic heterocycles. The summed E-state index contributed by atoms with van der Waals surface area (Å²) in [5, 5.41) is 4.90. The Morgan fingerprint density at radius 2 is 1.61 bits per heavy atom. The van der Waals surface area contributed by atoms with Gasteiger partial charge in [-0.05, 0) is 42.2 Å². The largest absolute Gasteiger partial charge is 0.380 e. The summed E-state index contributed by atoms with van der Waals surface area (Å²) in [5.74, 6) is 0. The Labute approximate surface area is 117 Å². The van der Waals surface area contributed by atoms with Crippen molar-refractivity contribution in [3.63, 3.8) is 0 Å². The zero-order chi connectivity index (χ0) is 12.5. The van der Waals surface area contributed by atoms with E-state index in [1.165, 1.54) is 11.1 Å². The zero-order valence-corrected chi connectivity index (χ0v) is 11.3. The summed E-state index contributed by atoms with van der Waals surface area (Å²) in [5.41, 5.74) is 3.77. The predicted molar refractivity (Wildman–Crippen MR) is 77.7 cm³/mol. The molecular formula is C15H13Cl2N. The first kappa shape index (κ1) is 11.9. The summed E-state index contributed by atoms with van der Waals surface area (Å²) in [6, 6.07) is 14.5. The lowest BCUT2D eigenvalue weighted by atomic mass is 10.1. The van der Waals surface area contributed by atoms with E-state index in [2.05, 4.69) is 29.6 Å². The van der Waals surface area contributed by atoms with Crippen LogP contribution in [0.5, 0.6) is 0 Å². The molecule has 18 heavy (non-hydrogen) atoms. The van der Waals surface area contributed by atoms with Gasteiger partial charge in [-0.3, -0.25) is 0 Å². The second-order valence-corrected chi connectivity index (χ2v) is 5.49. The van der Waals surface area contributed by atoms with Gasteiger partial charge in [0, 0.05) is 11.1 Å². The molecular weight excluding hydrogens is 265 g/mol. The van der Waals surface area contributed by atoms with Crippen LogP contribution < -0.4 is 5.32 Å². The van der Waals surface area contributed by atoms with Gasteiger partial charge in [0.05, 0.1) is 10.7 Å². The van der Waals surface area contributed by atoms with Crippen LogP contribution in [0.3, 0.4) is 0 Å². The molecule has 92 valence electrons. The Morgan fingerprint density at radius 3 is 2.28 bits per heavy atom. The molecule has 0 fully saturated rings. The third-order valence-electron chi connectivity index (χ3n) is 3.34. The zero-order valence-electron chi connectivity index (χ0n) is 9.79. The van der Waals surface area contributed by atoms with E-state index >= 15 is 0 Å². The van der Waals surface area contributed by atoms with Gasteiger partial charge in [0.2, 0.25) is 0 Å².